The highest BCUT2D eigenvalue weighted by Crippen LogP contribution is 2.32. The first kappa shape index (κ1) is 18.4. The standard InChI is InChI=1S/C24H19NO5/c26-22(16-6-2-1-3-7-16)21-23(27)17-8-4-5-9-18(17)30-24(21)19-10-11-20(29-19)25-12-14-28-15-13-25/h1-11H,12-15H2. The van der Waals surface area contributed by atoms with Gasteiger partial charge in [0, 0.05) is 24.7 Å². The van der Waals surface area contributed by atoms with Crippen LogP contribution >= 0.6 is 0 Å². The van der Waals surface area contributed by atoms with Gasteiger partial charge in [-0.2, -0.15) is 0 Å². The van der Waals surface area contributed by atoms with Crippen LogP contribution in [0.1, 0.15) is 15.9 Å². The minimum atomic E-state index is -0.394. The number of carbonyl (C=O) groups is 1. The van der Waals surface area contributed by atoms with Crippen molar-refractivity contribution in [3.8, 4) is 11.5 Å². The number of furan rings is 1. The Labute approximate surface area is 172 Å². The Kier molecular flexibility index (Phi) is 4.69. The SMILES string of the molecule is O=C(c1ccccc1)c1c(-c2ccc(N3CCOCC3)o2)oc2ccccc2c1=O. The number of carbonyl (C=O) groups excluding carboxylic acids is 1. The van der Waals surface area contributed by atoms with Gasteiger partial charge in [0.05, 0.1) is 18.6 Å². The zero-order chi connectivity index (χ0) is 20.5. The third-order valence-electron chi connectivity index (χ3n) is 5.20. The summed E-state index contributed by atoms with van der Waals surface area (Å²) in [7, 11) is 0. The minimum absolute atomic E-state index is 0.0252. The number of para-hydroxylation sites is 1. The molecule has 1 aliphatic rings. The van der Waals surface area contributed by atoms with E-state index in [0.717, 1.165) is 0 Å². The van der Waals surface area contributed by atoms with Crippen LogP contribution < -0.4 is 10.3 Å². The summed E-state index contributed by atoms with van der Waals surface area (Å²) in [5.74, 6) is 0.752. The van der Waals surface area contributed by atoms with Gasteiger partial charge in [0.1, 0.15) is 11.1 Å². The molecule has 0 aliphatic carbocycles. The predicted octanol–water partition coefficient (Wildman–Crippen LogP) is 4.12. The van der Waals surface area contributed by atoms with Crippen molar-refractivity contribution in [3.63, 3.8) is 0 Å². The number of benzene rings is 2. The molecule has 0 unspecified atom stereocenters. The fourth-order valence-electron chi connectivity index (χ4n) is 3.66. The second kappa shape index (κ2) is 7.65. The van der Waals surface area contributed by atoms with Crippen LogP contribution in [0.25, 0.3) is 22.5 Å². The van der Waals surface area contributed by atoms with Crippen LogP contribution in [0.4, 0.5) is 5.88 Å². The summed E-state index contributed by atoms with van der Waals surface area (Å²) < 4.78 is 17.5. The third-order valence-corrected chi connectivity index (χ3v) is 5.20. The molecule has 0 N–H and O–H groups in total. The minimum Gasteiger partial charge on any atom is -0.452 e. The van der Waals surface area contributed by atoms with E-state index in [9.17, 15) is 9.59 Å². The molecule has 0 radical (unpaired) electrons. The summed E-state index contributed by atoms with van der Waals surface area (Å²) in [5, 5.41) is 0.362. The Balaban J connectivity index is 1.68. The smallest absolute Gasteiger partial charge is 0.204 e. The van der Waals surface area contributed by atoms with Crippen molar-refractivity contribution < 1.29 is 18.4 Å². The average Bonchev–Trinajstić information content (AvgIpc) is 3.30. The molecule has 0 spiro atoms. The third kappa shape index (κ3) is 3.21. The lowest BCUT2D eigenvalue weighted by Gasteiger charge is -2.26. The fraction of sp³-hybridized carbons (Fsp3) is 0.167. The zero-order valence-electron chi connectivity index (χ0n) is 16.2. The van der Waals surface area contributed by atoms with Crippen molar-refractivity contribution in [3.05, 3.63) is 88.1 Å². The topological polar surface area (TPSA) is 72.9 Å². The van der Waals surface area contributed by atoms with Crippen molar-refractivity contribution in [1.82, 2.24) is 0 Å². The number of hydrogen-bond acceptors (Lipinski definition) is 6. The van der Waals surface area contributed by atoms with Gasteiger partial charge in [-0.3, -0.25) is 9.59 Å². The van der Waals surface area contributed by atoms with Crippen LogP contribution in [-0.2, 0) is 4.74 Å². The molecule has 6 heteroatoms. The summed E-state index contributed by atoms with van der Waals surface area (Å²) in [5.41, 5.74) is 0.431. The van der Waals surface area contributed by atoms with Gasteiger partial charge in [-0.25, -0.2) is 0 Å². The molecule has 4 aromatic rings. The van der Waals surface area contributed by atoms with E-state index in [-0.39, 0.29) is 16.8 Å². The average molecular weight is 401 g/mol. The van der Waals surface area contributed by atoms with E-state index in [2.05, 4.69) is 4.90 Å². The van der Waals surface area contributed by atoms with E-state index >= 15 is 0 Å². The molecule has 5 rings (SSSR count). The first-order valence-electron chi connectivity index (χ1n) is 9.81. The van der Waals surface area contributed by atoms with Gasteiger partial charge in [0.2, 0.25) is 11.2 Å². The van der Waals surface area contributed by atoms with Crippen molar-refractivity contribution in [2.75, 3.05) is 31.2 Å². The maximum absolute atomic E-state index is 13.3. The first-order valence-corrected chi connectivity index (χ1v) is 9.81. The number of ether oxygens (including phenoxy) is 1. The second-order valence-electron chi connectivity index (χ2n) is 7.06. The number of ketones is 1. The number of hydrogen-bond donors (Lipinski definition) is 0. The summed E-state index contributed by atoms with van der Waals surface area (Å²) in [4.78, 5) is 28.6. The molecule has 2 aromatic heterocycles. The van der Waals surface area contributed by atoms with Crippen molar-refractivity contribution >= 4 is 22.6 Å². The summed E-state index contributed by atoms with van der Waals surface area (Å²) >= 11 is 0. The lowest BCUT2D eigenvalue weighted by atomic mass is 9.99. The Morgan fingerprint density at radius 2 is 1.57 bits per heavy atom. The van der Waals surface area contributed by atoms with Crippen LogP contribution in [-0.4, -0.2) is 32.1 Å². The highest BCUT2D eigenvalue weighted by Gasteiger charge is 2.26. The first-order chi connectivity index (χ1) is 14.7. The maximum atomic E-state index is 13.3. The van der Waals surface area contributed by atoms with E-state index in [0.29, 0.717) is 54.5 Å². The Hall–Kier alpha value is -3.64. The van der Waals surface area contributed by atoms with E-state index in [1.54, 1.807) is 54.6 Å². The van der Waals surface area contributed by atoms with Crippen LogP contribution in [0.15, 0.2) is 80.4 Å². The molecular formula is C24H19NO5. The highest BCUT2D eigenvalue weighted by atomic mass is 16.5. The molecule has 1 aliphatic heterocycles. The predicted molar refractivity (Wildman–Crippen MR) is 113 cm³/mol. The van der Waals surface area contributed by atoms with E-state index in [1.807, 2.05) is 12.1 Å². The van der Waals surface area contributed by atoms with E-state index in [4.69, 9.17) is 13.6 Å². The molecule has 30 heavy (non-hydrogen) atoms. The molecule has 0 bridgehead atoms. The van der Waals surface area contributed by atoms with Crippen LogP contribution in [0.5, 0.6) is 0 Å². The lowest BCUT2D eigenvalue weighted by molar-refractivity contribution is 0.103. The van der Waals surface area contributed by atoms with Gasteiger partial charge in [0.25, 0.3) is 0 Å². The Morgan fingerprint density at radius 3 is 2.37 bits per heavy atom. The summed E-state index contributed by atoms with van der Waals surface area (Å²) in [6.07, 6.45) is 0. The molecule has 0 amide bonds. The molecule has 150 valence electrons. The summed E-state index contributed by atoms with van der Waals surface area (Å²) in [6, 6.07) is 19.2. The van der Waals surface area contributed by atoms with Gasteiger partial charge < -0.3 is 18.5 Å². The van der Waals surface area contributed by atoms with Gasteiger partial charge in [0.15, 0.2) is 17.4 Å². The van der Waals surface area contributed by atoms with Crippen LogP contribution in [0.2, 0.25) is 0 Å². The molecule has 6 nitrogen and oxygen atoms in total. The fourth-order valence-corrected chi connectivity index (χ4v) is 3.66. The zero-order valence-corrected chi connectivity index (χ0v) is 16.2. The molecule has 0 atom stereocenters. The largest absolute Gasteiger partial charge is 0.452 e. The van der Waals surface area contributed by atoms with Crippen LogP contribution in [0.3, 0.4) is 0 Å². The Bertz CT molecular complexity index is 1270. The van der Waals surface area contributed by atoms with Crippen LogP contribution in [0, 0.1) is 0 Å². The molecule has 1 saturated heterocycles. The van der Waals surface area contributed by atoms with Gasteiger partial charge in [-0.1, -0.05) is 42.5 Å². The Morgan fingerprint density at radius 1 is 0.833 bits per heavy atom. The molecule has 0 saturated carbocycles. The van der Waals surface area contributed by atoms with Gasteiger partial charge in [-0.15, -0.1) is 0 Å². The second-order valence-corrected chi connectivity index (χ2v) is 7.06. The van der Waals surface area contributed by atoms with Crippen molar-refractivity contribution in [2.45, 2.75) is 0 Å². The number of morpholine rings is 1. The lowest BCUT2D eigenvalue weighted by Crippen LogP contribution is -2.35. The normalized spacial score (nSPS) is 14.2. The molecule has 3 heterocycles. The van der Waals surface area contributed by atoms with E-state index < -0.39 is 5.78 Å². The molecule has 1 fully saturated rings. The maximum Gasteiger partial charge on any atom is 0.204 e. The van der Waals surface area contributed by atoms with Crippen molar-refractivity contribution in [2.24, 2.45) is 0 Å². The number of nitrogens with zero attached hydrogens (tertiary/aromatic N) is 1. The van der Waals surface area contributed by atoms with Crippen molar-refractivity contribution in [1.29, 1.82) is 0 Å². The van der Waals surface area contributed by atoms with Gasteiger partial charge >= 0.3 is 0 Å². The summed E-state index contributed by atoms with van der Waals surface area (Å²) in [6.45, 7) is 2.67. The molecular weight excluding hydrogens is 382 g/mol. The van der Waals surface area contributed by atoms with E-state index in [1.165, 1.54) is 0 Å². The highest BCUT2D eigenvalue weighted by molar-refractivity contribution is 6.13. The number of rotatable bonds is 4. The number of fused-ring (bicyclic) bond motifs is 1. The quantitative estimate of drug-likeness (QED) is 0.479. The molecule has 2 aromatic carbocycles. The monoisotopic (exact) mass is 401 g/mol. The van der Waals surface area contributed by atoms with Gasteiger partial charge in [-0.05, 0) is 18.2 Å². The number of anilines is 1.